The Morgan fingerprint density at radius 2 is 1.55 bits per heavy atom. The van der Waals surface area contributed by atoms with Crippen LogP contribution in [0.3, 0.4) is 0 Å². The van der Waals surface area contributed by atoms with Crippen LogP contribution in [-0.2, 0) is 16.0 Å². The maximum absolute atomic E-state index is 12.2. The number of benzene rings is 1. The largest absolute Gasteiger partial charge is 0.355 e. The highest BCUT2D eigenvalue weighted by Crippen LogP contribution is 2.15. The van der Waals surface area contributed by atoms with Crippen molar-refractivity contribution in [1.29, 1.82) is 0 Å². The zero-order chi connectivity index (χ0) is 16.4. The fourth-order valence-electron chi connectivity index (χ4n) is 2.09. The maximum Gasteiger partial charge on any atom is 0.235 e. The standard InChI is InChI=1S/C18H28N2O2/c1-4-5-9-13-19-16(21)18(2,3)17(22)20-14-12-15-10-7-6-8-11-15/h6-8,10-11H,4-5,9,12-14H2,1-3H3,(H,19,21)(H,20,22). The first kappa shape index (κ1) is 18.2. The summed E-state index contributed by atoms with van der Waals surface area (Å²) in [6.07, 6.45) is 3.91. The second kappa shape index (κ2) is 9.23. The van der Waals surface area contributed by atoms with Gasteiger partial charge < -0.3 is 10.6 Å². The van der Waals surface area contributed by atoms with Crippen LogP contribution >= 0.6 is 0 Å². The Kier molecular flexibility index (Phi) is 7.64. The molecule has 0 aliphatic heterocycles. The molecule has 1 rings (SSSR count). The van der Waals surface area contributed by atoms with E-state index >= 15 is 0 Å². The van der Waals surface area contributed by atoms with Gasteiger partial charge in [-0.25, -0.2) is 0 Å². The minimum atomic E-state index is -1.04. The lowest BCUT2D eigenvalue weighted by atomic mass is 9.91. The molecule has 0 bridgehead atoms. The molecular formula is C18H28N2O2. The molecule has 22 heavy (non-hydrogen) atoms. The smallest absolute Gasteiger partial charge is 0.235 e. The zero-order valence-electron chi connectivity index (χ0n) is 13.9. The van der Waals surface area contributed by atoms with E-state index in [0.717, 1.165) is 25.7 Å². The van der Waals surface area contributed by atoms with Crippen LogP contribution in [0, 0.1) is 5.41 Å². The number of hydrogen-bond acceptors (Lipinski definition) is 2. The summed E-state index contributed by atoms with van der Waals surface area (Å²) in [4.78, 5) is 24.3. The summed E-state index contributed by atoms with van der Waals surface area (Å²) in [6, 6.07) is 9.97. The molecule has 0 spiro atoms. The normalized spacial score (nSPS) is 11.0. The Labute approximate surface area is 133 Å². The van der Waals surface area contributed by atoms with E-state index in [1.165, 1.54) is 5.56 Å². The Balaban J connectivity index is 2.36. The van der Waals surface area contributed by atoms with Gasteiger partial charge in [-0.3, -0.25) is 9.59 Å². The summed E-state index contributed by atoms with van der Waals surface area (Å²) in [5.41, 5.74) is 0.132. The van der Waals surface area contributed by atoms with Crippen LogP contribution < -0.4 is 10.6 Å². The van der Waals surface area contributed by atoms with Crippen LogP contribution in [0.25, 0.3) is 0 Å². The number of carbonyl (C=O) groups excluding carboxylic acids is 2. The van der Waals surface area contributed by atoms with Gasteiger partial charge in [-0.2, -0.15) is 0 Å². The lowest BCUT2D eigenvalue weighted by Crippen LogP contribution is -2.48. The molecule has 0 saturated carbocycles. The van der Waals surface area contributed by atoms with Crippen LogP contribution in [0.15, 0.2) is 30.3 Å². The van der Waals surface area contributed by atoms with Crippen molar-refractivity contribution >= 4 is 11.8 Å². The van der Waals surface area contributed by atoms with Crippen molar-refractivity contribution < 1.29 is 9.59 Å². The van der Waals surface area contributed by atoms with Gasteiger partial charge in [0, 0.05) is 13.1 Å². The van der Waals surface area contributed by atoms with E-state index < -0.39 is 5.41 Å². The summed E-state index contributed by atoms with van der Waals surface area (Å²) in [5.74, 6) is -0.433. The van der Waals surface area contributed by atoms with Crippen molar-refractivity contribution in [1.82, 2.24) is 10.6 Å². The van der Waals surface area contributed by atoms with Crippen LogP contribution in [0.4, 0.5) is 0 Å². The van der Waals surface area contributed by atoms with Crippen molar-refractivity contribution in [3.05, 3.63) is 35.9 Å². The van der Waals surface area contributed by atoms with E-state index in [4.69, 9.17) is 0 Å². The van der Waals surface area contributed by atoms with E-state index in [2.05, 4.69) is 17.6 Å². The number of amides is 2. The van der Waals surface area contributed by atoms with Gasteiger partial charge in [0.15, 0.2) is 0 Å². The number of rotatable bonds is 9. The molecule has 0 unspecified atom stereocenters. The lowest BCUT2D eigenvalue weighted by Gasteiger charge is -2.22. The molecule has 0 aliphatic carbocycles. The molecule has 4 nitrogen and oxygen atoms in total. The molecule has 0 aliphatic rings. The maximum atomic E-state index is 12.2. The van der Waals surface area contributed by atoms with Gasteiger partial charge >= 0.3 is 0 Å². The predicted molar refractivity (Wildman–Crippen MR) is 89.5 cm³/mol. The second-order valence-electron chi connectivity index (χ2n) is 6.08. The number of unbranched alkanes of at least 4 members (excludes halogenated alkanes) is 2. The first-order valence-corrected chi connectivity index (χ1v) is 8.09. The van der Waals surface area contributed by atoms with Crippen LogP contribution in [0.5, 0.6) is 0 Å². The topological polar surface area (TPSA) is 58.2 Å². The zero-order valence-corrected chi connectivity index (χ0v) is 13.9. The molecule has 0 heterocycles. The average molecular weight is 304 g/mol. The first-order chi connectivity index (χ1) is 10.5. The summed E-state index contributed by atoms with van der Waals surface area (Å²) in [7, 11) is 0. The third-order valence-corrected chi connectivity index (χ3v) is 3.74. The van der Waals surface area contributed by atoms with Gasteiger partial charge in [-0.1, -0.05) is 50.1 Å². The molecule has 1 aromatic carbocycles. The van der Waals surface area contributed by atoms with Crippen LogP contribution in [-0.4, -0.2) is 24.9 Å². The number of carbonyl (C=O) groups is 2. The molecule has 0 fully saturated rings. The Morgan fingerprint density at radius 1 is 0.955 bits per heavy atom. The van der Waals surface area contributed by atoms with Gasteiger partial charge in [0.2, 0.25) is 11.8 Å². The third kappa shape index (κ3) is 5.88. The van der Waals surface area contributed by atoms with Crippen molar-refractivity contribution in [2.24, 2.45) is 5.41 Å². The first-order valence-electron chi connectivity index (χ1n) is 8.09. The van der Waals surface area contributed by atoms with Crippen molar-refractivity contribution in [2.75, 3.05) is 13.1 Å². The van der Waals surface area contributed by atoms with Crippen molar-refractivity contribution in [3.8, 4) is 0 Å². The summed E-state index contributed by atoms with van der Waals surface area (Å²) in [5, 5.41) is 5.70. The molecular weight excluding hydrogens is 276 g/mol. The Hall–Kier alpha value is -1.84. The molecule has 2 N–H and O–H groups in total. The Morgan fingerprint density at radius 3 is 2.14 bits per heavy atom. The van der Waals surface area contributed by atoms with Gasteiger partial charge in [0.25, 0.3) is 0 Å². The van der Waals surface area contributed by atoms with Crippen LogP contribution in [0.1, 0.15) is 45.6 Å². The molecule has 0 saturated heterocycles. The van der Waals surface area contributed by atoms with E-state index in [9.17, 15) is 9.59 Å². The molecule has 122 valence electrons. The number of nitrogens with one attached hydrogen (secondary N) is 2. The van der Waals surface area contributed by atoms with E-state index in [1.807, 2.05) is 30.3 Å². The van der Waals surface area contributed by atoms with Crippen molar-refractivity contribution in [3.63, 3.8) is 0 Å². The highest BCUT2D eigenvalue weighted by atomic mass is 16.2. The molecule has 0 radical (unpaired) electrons. The lowest BCUT2D eigenvalue weighted by molar-refractivity contribution is -0.141. The quantitative estimate of drug-likeness (QED) is 0.544. The molecule has 4 heteroatoms. The summed E-state index contributed by atoms with van der Waals surface area (Å²) < 4.78 is 0. The third-order valence-electron chi connectivity index (χ3n) is 3.74. The van der Waals surface area contributed by atoms with Gasteiger partial charge in [0.05, 0.1) is 0 Å². The van der Waals surface area contributed by atoms with E-state index in [1.54, 1.807) is 13.8 Å². The monoisotopic (exact) mass is 304 g/mol. The molecule has 2 amide bonds. The minimum Gasteiger partial charge on any atom is -0.355 e. The van der Waals surface area contributed by atoms with Crippen LogP contribution in [0.2, 0.25) is 0 Å². The molecule has 0 aromatic heterocycles. The molecule has 1 aromatic rings. The number of hydrogen-bond donors (Lipinski definition) is 2. The summed E-state index contributed by atoms with van der Waals surface area (Å²) >= 11 is 0. The van der Waals surface area contributed by atoms with E-state index in [-0.39, 0.29) is 11.8 Å². The highest BCUT2D eigenvalue weighted by Gasteiger charge is 2.35. The predicted octanol–water partition coefficient (Wildman–Crippen LogP) is 2.68. The minimum absolute atomic E-state index is 0.208. The van der Waals surface area contributed by atoms with Gasteiger partial charge in [-0.15, -0.1) is 0 Å². The second-order valence-corrected chi connectivity index (χ2v) is 6.08. The van der Waals surface area contributed by atoms with Gasteiger partial charge in [-0.05, 0) is 32.3 Å². The fourth-order valence-corrected chi connectivity index (χ4v) is 2.09. The van der Waals surface area contributed by atoms with E-state index in [0.29, 0.717) is 13.1 Å². The van der Waals surface area contributed by atoms with Gasteiger partial charge in [0.1, 0.15) is 5.41 Å². The average Bonchev–Trinajstić information content (AvgIpc) is 2.52. The summed E-state index contributed by atoms with van der Waals surface area (Å²) in [6.45, 7) is 6.62. The Bertz CT molecular complexity index is 469. The highest BCUT2D eigenvalue weighted by molar-refractivity contribution is 6.04. The SMILES string of the molecule is CCCCCNC(=O)C(C)(C)C(=O)NCCc1ccccc1. The molecule has 0 atom stereocenters. The van der Waals surface area contributed by atoms with Crippen molar-refractivity contribution in [2.45, 2.75) is 46.5 Å². The fraction of sp³-hybridized carbons (Fsp3) is 0.556.